The van der Waals surface area contributed by atoms with E-state index in [1.54, 1.807) is 0 Å². The fourth-order valence-electron chi connectivity index (χ4n) is 3.54. The molecule has 1 saturated carbocycles. The second-order valence-electron chi connectivity index (χ2n) is 6.67. The second-order valence-corrected chi connectivity index (χ2v) is 6.67. The van der Waals surface area contributed by atoms with Crippen LogP contribution < -0.4 is 0 Å². The van der Waals surface area contributed by atoms with Crippen molar-refractivity contribution in [3.63, 3.8) is 0 Å². The Morgan fingerprint density at radius 2 is 1.88 bits per heavy atom. The van der Waals surface area contributed by atoms with Gasteiger partial charge in [0.25, 0.3) is 0 Å². The Labute approximate surface area is 146 Å². The zero-order valence-electron chi connectivity index (χ0n) is 14.1. The van der Waals surface area contributed by atoms with Crippen molar-refractivity contribution in [2.75, 3.05) is 0 Å². The van der Waals surface area contributed by atoms with Crippen molar-refractivity contribution < 1.29 is 13.9 Å². The van der Waals surface area contributed by atoms with Crippen molar-refractivity contribution in [1.29, 1.82) is 0 Å². The lowest BCUT2D eigenvalue weighted by Crippen LogP contribution is -2.24. The molecule has 0 amide bonds. The number of rotatable bonds is 4. The zero-order valence-corrected chi connectivity index (χ0v) is 14.1. The van der Waals surface area contributed by atoms with E-state index in [0.29, 0.717) is 6.61 Å². The summed E-state index contributed by atoms with van der Waals surface area (Å²) in [5.41, 5.74) is 2.71. The summed E-state index contributed by atoms with van der Waals surface area (Å²) in [6, 6.07) is 17.6. The maximum absolute atomic E-state index is 12.4. The molecule has 3 aromatic rings. The highest BCUT2D eigenvalue weighted by atomic mass is 16.5. The number of hydrogen-bond acceptors (Lipinski definition) is 4. The Morgan fingerprint density at radius 3 is 2.72 bits per heavy atom. The molecule has 0 bridgehead atoms. The number of para-hydroxylation sites is 2. The first-order valence-electron chi connectivity index (χ1n) is 8.85. The molecule has 0 radical (unpaired) electrons. The molecule has 4 nitrogen and oxygen atoms in total. The van der Waals surface area contributed by atoms with Gasteiger partial charge < -0.3 is 9.15 Å². The Morgan fingerprint density at radius 1 is 1.08 bits per heavy atom. The van der Waals surface area contributed by atoms with Crippen molar-refractivity contribution in [3.8, 4) is 0 Å². The van der Waals surface area contributed by atoms with E-state index in [-0.39, 0.29) is 17.8 Å². The van der Waals surface area contributed by atoms with Gasteiger partial charge in [-0.1, -0.05) is 48.9 Å². The normalized spacial score (nSPS) is 20.5. The van der Waals surface area contributed by atoms with Crippen molar-refractivity contribution in [3.05, 3.63) is 66.1 Å². The first-order valence-corrected chi connectivity index (χ1v) is 8.85. The van der Waals surface area contributed by atoms with E-state index in [1.807, 2.05) is 54.6 Å². The summed E-state index contributed by atoms with van der Waals surface area (Å²) in [7, 11) is 0. The van der Waals surface area contributed by atoms with Gasteiger partial charge in [-0.25, -0.2) is 4.98 Å². The Kier molecular flexibility index (Phi) is 4.51. The standard InChI is InChI=1S/C21H21NO3/c23-21(24-14-15-7-2-1-3-8-15)17-10-6-9-16(13-17)20-22-18-11-4-5-12-19(18)25-20/h1-5,7-8,11-12,16-17H,6,9-10,13-14H2. The van der Waals surface area contributed by atoms with Gasteiger partial charge in [-0.15, -0.1) is 0 Å². The number of esters is 1. The lowest BCUT2D eigenvalue weighted by atomic mass is 9.81. The van der Waals surface area contributed by atoms with Crippen molar-refractivity contribution in [1.82, 2.24) is 4.98 Å². The average Bonchev–Trinajstić information content (AvgIpc) is 3.11. The van der Waals surface area contributed by atoms with Crippen LogP contribution in [0, 0.1) is 5.92 Å². The van der Waals surface area contributed by atoms with Gasteiger partial charge in [0.2, 0.25) is 0 Å². The largest absolute Gasteiger partial charge is 0.461 e. The molecular formula is C21H21NO3. The van der Waals surface area contributed by atoms with E-state index in [4.69, 9.17) is 9.15 Å². The van der Waals surface area contributed by atoms with Gasteiger partial charge in [-0.05, 0) is 37.0 Å². The monoisotopic (exact) mass is 335 g/mol. The summed E-state index contributed by atoms with van der Waals surface area (Å²) in [6.07, 6.45) is 3.63. The molecule has 0 spiro atoms. The molecule has 128 valence electrons. The minimum Gasteiger partial charge on any atom is -0.461 e. The lowest BCUT2D eigenvalue weighted by Gasteiger charge is -2.25. The predicted octanol–water partition coefficient (Wildman–Crippen LogP) is 4.85. The molecule has 4 rings (SSSR count). The molecule has 1 fully saturated rings. The smallest absolute Gasteiger partial charge is 0.309 e. The van der Waals surface area contributed by atoms with E-state index in [9.17, 15) is 4.79 Å². The molecular weight excluding hydrogens is 314 g/mol. The minimum absolute atomic E-state index is 0.0718. The Balaban J connectivity index is 1.41. The van der Waals surface area contributed by atoms with Crippen LogP contribution in [0.5, 0.6) is 0 Å². The van der Waals surface area contributed by atoms with Crippen LogP contribution in [0.4, 0.5) is 0 Å². The molecule has 0 N–H and O–H groups in total. The highest BCUT2D eigenvalue weighted by Crippen LogP contribution is 2.37. The molecule has 0 saturated heterocycles. The van der Waals surface area contributed by atoms with Gasteiger partial charge in [0.1, 0.15) is 12.1 Å². The van der Waals surface area contributed by atoms with Crippen LogP contribution >= 0.6 is 0 Å². The van der Waals surface area contributed by atoms with Crippen molar-refractivity contribution in [2.24, 2.45) is 5.92 Å². The summed E-state index contributed by atoms with van der Waals surface area (Å²) >= 11 is 0. The molecule has 0 aliphatic heterocycles. The number of carbonyl (C=O) groups is 1. The third-order valence-electron chi connectivity index (χ3n) is 4.89. The molecule has 1 aliphatic rings. The zero-order chi connectivity index (χ0) is 17.1. The molecule has 1 aromatic heterocycles. The van der Waals surface area contributed by atoms with E-state index in [1.165, 1.54) is 0 Å². The number of nitrogens with zero attached hydrogens (tertiary/aromatic N) is 1. The lowest BCUT2D eigenvalue weighted by molar-refractivity contribution is -0.151. The summed E-state index contributed by atoms with van der Waals surface area (Å²) in [6.45, 7) is 0.337. The number of ether oxygens (including phenoxy) is 1. The number of hydrogen-bond donors (Lipinski definition) is 0. The van der Waals surface area contributed by atoms with Crippen LogP contribution in [-0.2, 0) is 16.1 Å². The maximum Gasteiger partial charge on any atom is 0.309 e. The predicted molar refractivity (Wildman–Crippen MR) is 94.9 cm³/mol. The van der Waals surface area contributed by atoms with Crippen LogP contribution in [0.25, 0.3) is 11.1 Å². The van der Waals surface area contributed by atoms with Crippen LogP contribution in [0.1, 0.15) is 43.1 Å². The van der Waals surface area contributed by atoms with E-state index in [0.717, 1.165) is 48.2 Å². The first kappa shape index (κ1) is 15.9. The molecule has 4 heteroatoms. The molecule has 25 heavy (non-hydrogen) atoms. The van der Waals surface area contributed by atoms with Gasteiger partial charge in [0.15, 0.2) is 11.5 Å². The Hall–Kier alpha value is -2.62. The van der Waals surface area contributed by atoms with Crippen molar-refractivity contribution >= 4 is 17.1 Å². The number of aromatic nitrogens is 1. The highest BCUT2D eigenvalue weighted by Gasteiger charge is 2.31. The molecule has 1 aliphatic carbocycles. The van der Waals surface area contributed by atoms with Crippen LogP contribution in [-0.4, -0.2) is 11.0 Å². The number of carbonyl (C=O) groups excluding carboxylic acids is 1. The molecule has 2 aromatic carbocycles. The van der Waals surface area contributed by atoms with Gasteiger partial charge in [-0.3, -0.25) is 4.79 Å². The van der Waals surface area contributed by atoms with Gasteiger partial charge >= 0.3 is 5.97 Å². The number of fused-ring (bicyclic) bond motifs is 1. The minimum atomic E-state index is -0.107. The second kappa shape index (κ2) is 7.09. The number of oxazole rings is 1. The maximum atomic E-state index is 12.4. The van der Waals surface area contributed by atoms with E-state index >= 15 is 0 Å². The van der Waals surface area contributed by atoms with E-state index < -0.39 is 0 Å². The molecule has 1 heterocycles. The van der Waals surface area contributed by atoms with Gasteiger partial charge in [-0.2, -0.15) is 0 Å². The summed E-state index contributed by atoms with van der Waals surface area (Å²) in [4.78, 5) is 17.1. The summed E-state index contributed by atoms with van der Waals surface area (Å²) < 4.78 is 11.4. The van der Waals surface area contributed by atoms with Crippen molar-refractivity contribution in [2.45, 2.75) is 38.2 Å². The quantitative estimate of drug-likeness (QED) is 0.640. The third kappa shape index (κ3) is 3.58. The summed E-state index contributed by atoms with van der Waals surface area (Å²) in [5, 5.41) is 0. The highest BCUT2D eigenvalue weighted by molar-refractivity contribution is 5.73. The van der Waals surface area contributed by atoms with E-state index in [2.05, 4.69) is 4.98 Å². The molecule has 2 unspecified atom stereocenters. The Bertz CT molecular complexity index is 823. The van der Waals surface area contributed by atoms with Gasteiger partial charge in [0, 0.05) is 5.92 Å². The summed E-state index contributed by atoms with van der Waals surface area (Å²) in [5.74, 6) is 0.763. The van der Waals surface area contributed by atoms with Crippen LogP contribution in [0.2, 0.25) is 0 Å². The average molecular weight is 335 g/mol. The van der Waals surface area contributed by atoms with Crippen LogP contribution in [0.15, 0.2) is 59.0 Å². The fraction of sp³-hybridized carbons (Fsp3) is 0.333. The first-order chi connectivity index (χ1) is 12.3. The topological polar surface area (TPSA) is 52.3 Å². The SMILES string of the molecule is O=C(OCc1ccccc1)C1CCCC(c2nc3ccccc3o2)C1. The molecule has 2 atom stereocenters. The van der Waals surface area contributed by atoms with Gasteiger partial charge in [0.05, 0.1) is 5.92 Å². The number of benzene rings is 2. The third-order valence-corrected chi connectivity index (χ3v) is 4.89. The van der Waals surface area contributed by atoms with Crippen LogP contribution in [0.3, 0.4) is 0 Å². The fourth-order valence-corrected chi connectivity index (χ4v) is 3.54.